The van der Waals surface area contributed by atoms with Crippen molar-refractivity contribution in [3.05, 3.63) is 58.4 Å². The number of carbonyl (C=O) groups is 1. The summed E-state index contributed by atoms with van der Waals surface area (Å²) in [6, 6.07) is 5.66. The summed E-state index contributed by atoms with van der Waals surface area (Å²) in [5.41, 5.74) is 0.00612. The molecule has 188 valence electrons. The van der Waals surface area contributed by atoms with Gasteiger partial charge in [-0.05, 0) is 31.0 Å². The molecule has 9 heteroatoms. The van der Waals surface area contributed by atoms with Crippen LogP contribution in [-0.4, -0.2) is 31.8 Å². The van der Waals surface area contributed by atoms with Crippen molar-refractivity contribution in [3.63, 3.8) is 0 Å². The van der Waals surface area contributed by atoms with Crippen molar-refractivity contribution in [1.29, 1.82) is 0 Å². The summed E-state index contributed by atoms with van der Waals surface area (Å²) in [4.78, 5) is 12.2. The van der Waals surface area contributed by atoms with Gasteiger partial charge in [-0.15, -0.1) is 12.6 Å². The van der Waals surface area contributed by atoms with Crippen molar-refractivity contribution in [3.8, 4) is 0 Å². The summed E-state index contributed by atoms with van der Waals surface area (Å²) < 4.78 is 43.1. The lowest BCUT2D eigenvalue weighted by Gasteiger charge is -2.07. The Bertz CT molecular complexity index is 799. The average Bonchev–Trinajstić information content (AvgIpc) is 2.74. The molecule has 0 bridgehead atoms. The van der Waals surface area contributed by atoms with Crippen LogP contribution >= 0.6 is 24.2 Å². The van der Waals surface area contributed by atoms with Gasteiger partial charge in [0.25, 0.3) is 5.91 Å². The number of thiol groups is 1. The van der Waals surface area contributed by atoms with Gasteiger partial charge in [0.2, 0.25) is 0 Å². The van der Waals surface area contributed by atoms with Crippen LogP contribution in [0.1, 0.15) is 57.3 Å². The van der Waals surface area contributed by atoms with Gasteiger partial charge >= 0.3 is 0 Å². The molecule has 0 saturated carbocycles. The molecule has 0 unspecified atom stereocenters. The van der Waals surface area contributed by atoms with E-state index in [1.54, 1.807) is 21.1 Å². The van der Waals surface area contributed by atoms with E-state index in [9.17, 15) is 18.0 Å². The van der Waals surface area contributed by atoms with E-state index in [4.69, 9.17) is 16.7 Å². The minimum Gasteiger partial charge on any atom is -0.397 e. The fraction of sp³-hybridized carbons (Fsp3) is 0.458. The van der Waals surface area contributed by atoms with Crippen LogP contribution in [0.2, 0.25) is 5.02 Å². The zero-order valence-corrected chi connectivity index (χ0v) is 21.7. The standard InChI is InChI=1S/C13H7ClF3NOS.C7H16.2C2H6O/c14-8-2-1-6(3-11(8)20)13(19)18-7-4-9(15)12(17)10(16)5-7;1-4-5-6-7(2)3;1-3-2;1-2-3/h1-5,20H,(H,18,19);7H,4-6H2,1-3H3;1-2H3;3H,2H2,1H3. The number of nitrogens with one attached hydrogen (secondary N) is 1. The van der Waals surface area contributed by atoms with Crippen LogP contribution in [0.25, 0.3) is 0 Å². The second kappa shape index (κ2) is 19.7. The quantitative estimate of drug-likeness (QED) is 0.291. The third-order valence-corrected chi connectivity index (χ3v) is 4.42. The maximum absolute atomic E-state index is 13.0. The smallest absolute Gasteiger partial charge is 0.255 e. The molecule has 0 aromatic heterocycles. The average molecular weight is 510 g/mol. The van der Waals surface area contributed by atoms with E-state index >= 15 is 0 Å². The highest BCUT2D eigenvalue weighted by molar-refractivity contribution is 7.80. The van der Waals surface area contributed by atoms with Gasteiger partial charge in [-0.3, -0.25) is 4.79 Å². The van der Waals surface area contributed by atoms with Crippen molar-refractivity contribution in [2.24, 2.45) is 5.92 Å². The highest BCUT2D eigenvalue weighted by Gasteiger charge is 2.13. The summed E-state index contributed by atoms with van der Waals surface area (Å²) in [5.74, 6) is -4.08. The number of ether oxygens (including phenoxy) is 1. The van der Waals surface area contributed by atoms with Gasteiger partial charge in [-0.25, -0.2) is 13.2 Å². The minimum atomic E-state index is -1.59. The largest absolute Gasteiger partial charge is 0.397 e. The second-order valence-electron chi connectivity index (χ2n) is 7.13. The fourth-order valence-electron chi connectivity index (χ4n) is 2.10. The Morgan fingerprint density at radius 2 is 1.61 bits per heavy atom. The Morgan fingerprint density at radius 1 is 1.12 bits per heavy atom. The molecule has 2 N–H and O–H groups in total. The lowest BCUT2D eigenvalue weighted by molar-refractivity contribution is 0.102. The molecule has 0 spiro atoms. The Labute approximate surface area is 205 Å². The number of halogens is 4. The maximum Gasteiger partial charge on any atom is 0.255 e. The van der Waals surface area contributed by atoms with E-state index in [1.807, 2.05) is 0 Å². The molecule has 1 amide bonds. The van der Waals surface area contributed by atoms with Crippen LogP contribution in [0.3, 0.4) is 0 Å². The van der Waals surface area contributed by atoms with Crippen molar-refractivity contribution in [2.75, 3.05) is 26.1 Å². The predicted octanol–water partition coefficient (Wildman–Crippen LogP) is 7.39. The number of carbonyl (C=O) groups excluding carboxylic acids is 1. The molecule has 2 aromatic carbocycles. The van der Waals surface area contributed by atoms with Crippen LogP contribution in [0.15, 0.2) is 35.2 Å². The predicted molar refractivity (Wildman–Crippen MR) is 133 cm³/mol. The molecule has 33 heavy (non-hydrogen) atoms. The molecule has 2 aromatic rings. The van der Waals surface area contributed by atoms with Crippen molar-refractivity contribution >= 4 is 35.8 Å². The van der Waals surface area contributed by atoms with Crippen LogP contribution in [0.5, 0.6) is 0 Å². The second-order valence-corrected chi connectivity index (χ2v) is 8.02. The van der Waals surface area contributed by atoms with E-state index < -0.39 is 23.4 Å². The Balaban J connectivity index is 0. The van der Waals surface area contributed by atoms with E-state index in [2.05, 4.69) is 43.5 Å². The van der Waals surface area contributed by atoms with Crippen molar-refractivity contribution in [1.82, 2.24) is 0 Å². The van der Waals surface area contributed by atoms with Gasteiger partial charge in [0, 0.05) is 49.1 Å². The number of hydrogen-bond acceptors (Lipinski definition) is 4. The van der Waals surface area contributed by atoms with Crippen molar-refractivity contribution in [2.45, 2.75) is 51.9 Å². The molecule has 0 fully saturated rings. The zero-order valence-electron chi connectivity index (χ0n) is 20.0. The van der Waals surface area contributed by atoms with E-state index in [0.717, 1.165) is 5.92 Å². The molecule has 0 aliphatic rings. The van der Waals surface area contributed by atoms with Gasteiger partial charge in [0.05, 0.1) is 5.02 Å². The lowest BCUT2D eigenvalue weighted by Crippen LogP contribution is -2.12. The summed E-state index contributed by atoms with van der Waals surface area (Å²) in [5, 5.41) is 10.2. The molecule has 2 rings (SSSR count). The molecule has 4 nitrogen and oxygen atoms in total. The number of aliphatic hydroxyl groups is 1. The van der Waals surface area contributed by atoms with Crippen LogP contribution in [-0.2, 0) is 4.74 Å². The topological polar surface area (TPSA) is 58.6 Å². The first-order valence-corrected chi connectivity index (χ1v) is 11.3. The van der Waals surface area contributed by atoms with Crippen LogP contribution in [0.4, 0.5) is 18.9 Å². The molecular weight excluding hydrogens is 475 g/mol. The third kappa shape index (κ3) is 15.7. The monoisotopic (exact) mass is 509 g/mol. The van der Waals surface area contributed by atoms with Crippen LogP contribution < -0.4 is 5.32 Å². The Morgan fingerprint density at radius 3 is 1.97 bits per heavy atom. The number of hydrogen-bond donors (Lipinski definition) is 3. The Kier molecular flexibility index (Phi) is 20.0. The summed E-state index contributed by atoms with van der Waals surface area (Å²) in [7, 11) is 3.25. The van der Waals surface area contributed by atoms with Gasteiger partial charge in [-0.2, -0.15) is 0 Å². The third-order valence-electron chi connectivity index (χ3n) is 3.59. The molecule has 0 heterocycles. The lowest BCUT2D eigenvalue weighted by atomic mass is 10.1. The molecule has 0 atom stereocenters. The molecular formula is C24H35ClF3NO3S. The first-order valence-electron chi connectivity index (χ1n) is 10.4. The number of rotatable bonds is 5. The normalized spacial score (nSPS) is 9.61. The Hall–Kier alpha value is -1.74. The van der Waals surface area contributed by atoms with Crippen molar-refractivity contribution < 1.29 is 27.8 Å². The van der Waals surface area contributed by atoms with E-state index in [1.165, 1.54) is 37.5 Å². The van der Waals surface area contributed by atoms with Gasteiger partial charge in [0.15, 0.2) is 17.5 Å². The number of benzene rings is 2. The first kappa shape index (κ1) is 33.4. The molecule has 0 aliphatic heterocycles. The van der Waals surface area contributed by atoms with Gasteiger partial charge in [-0.1, -0.05) is 51.6 Å². The van der Waals surface area contributed by atoms with Gasteiger partial charge < -0.3 is 15.2 Å². The number of unbranched alkanes of at least 4 members (excludes halogenated alkanes) is 1. The summed E-state index contributed by atoms with van der Waals surface area (Å²) in [6.45, 7) is 8.72. The fourth-order valence-corrected chi connectivity index (χ4v) is 2.43. The first-order chi connectivity index (χ1) is 15.5. The maximum atomic E-state index is 13.0. The highest BCUT2D eigenvalue weighted by Crippen LogP contribution is 2.22. The number of methoxy groups -OCH3 is 1. The highest BCUT2D eigenvalue weighted by atomic mass is 35.5. The minimum absolute atomic E-state index is 0.193. The summed E-state index contributed by atoms with van der Waals surface area (Å²) >= 11 is 9.81. The zero-order chi connectivity index (χ0) is 26.0. The number of amides is 1. The molecule has 0 radical (unpaired) electrons. The van der Waals surface area contributed by atoms with E-state index in [0.29, 0.717) is 22.1 Å². The SMILES string of the molecule is CCCCC(C)C.CCO.COC.O=C(Nc1cc(F)c(F)c(F)c1)c1ccc(Cl)c(S)c1. The number of aliphatic hydroxyl groups excluding tert-OH is 1. The number of anilines is 1. The van der Waals surface area contributed by atoms with E-state index in [-0.39, 0.29) is 17.9 Å². The van der Waals surface area contributed by atoms with Gasteiger partial charge in [0.1, 0.15) is 0 Å². The molecule has 0 saturated heterocycles. The van der Waals surface area contributed by atoms with Crippen LogP contribution in [0, 0.1) is 23.4 Å². The summed E-state index contributed by atoms with van der Waals surface area (Å²) in [6.07, 6.45) is 4.15. The molecule has 0 aliphatic carbocycles.